The van der Waals surface area contributed by atoms with Crippen molar-refractivity contribution < 1.29 is 14.6 Å². The lowest BCUT2D eigenvalue weighted by atomic mass is 10.1. The quantitative estimate of drug-likeness (QED) is 0.858. The summed E-state index contributed by atoms with van der Waals surface area (Å²) in [6.45, 7) is 2.85. The van der Waals surface area contributed by atoms with Crippen LogP contribution in [0.15, 0.2) is 60.7 Å². The Balaban J connectivity index is 1.58. The third-order valence-corrected chi connectivity index (χ3v) is 4.65. The molecule has 0 bridgehead atoms. The van der Waals surface area contributed by atoms with Crippen LogP contribution in [0.2, 0.25) is 0 Å². The second-order valence-electron chi connectivity index (χ2n) is 6.29. The van der Waals surface area contributed by atoms with Gasteiger partial charge >= 0.3 is 5.97 Å². The molecule has 2 aromatic carbocycles. The summed E-state index contributed by atoms with van der Waals surface area (Å²) < 4.78 is 5.42. The van der Waals surface area contributed by atoms with Crippen molar-refractivity contribution in [3.05, 3.63) is 71.8 Å². The number of likely N-dealkylation sites (tertiary alicyclic amines) is 1. The zero-order chi connectivity index (χ0) is 16.9. The maximum Gasteiger partial charge on any atom is 0.310 e. The van der Waals surface area contributed by atoms with Crippen LogP contribution in [0.3, 0.4) is 0 Å². The molecule has 0 aliphatic carbocycles. The van der Waals surface area contributed by atoms with Crippen LogP contribution in [-0.4, -0.2) is 28.7 Å². The van der Waals surface area contributed by atoms with Crippen LogP contribution in [0.25, 0.3) is 0 Å². The Kier molecular flexibility index (Phi) is 5.28. The van der Waals surface area contributed by atoms with Gasteiger partial charge in [0.05, 0.1) is 5.92 Å². The van der Waals surface area contributed by atoms with Crippen LogP contribution in [0.4, 0.5) is 0 Å². The molecule has 4 nitrogen and oxygen atoms in total. The van der Waals surface area contributed by atoms with E-state index in [1.807, 2.05) is 65.6 Å². The first-order valence-corrected chi connectivity index (χ1v) is 8.34. The Morgan fingerprint density at radius 2 is 1.79 bits per heavy atom. The number of aliphatic hydroxyl groups excluding tert-OH is 1. The average molecular weight is 325 g/mol. The van der Waals surface area contributed by atoms with E-state index in [4.69, 9.17) is 4.74 Å². The number of ether oxygens (including phenoxy) is 1. The maximum absolute atomic E-state index is 12.3. The van der Waals surface area contributed by atoms with Gasteiger partial charge in [-0.15, -0.1) is 0 Å². The van der Waals surface area contributed by atoms with Crippen molar-refractivity contribution in [1.82, 2.24) is 4.90 Å². The van der Waals surface area contributed by atoms with Crippen molar-refractivity contribution in [1.29, 1.82) is 0 Å². The molecule has 3 atom stereocenters. The Hall–Kier alpha value is -2.17. The number of hydrogen-bond acceptors (Lipinski definition) is 4. The molecular formula is C20H23NO3. The molecule has 0 amide bonds. The highest BCUT2D eigenvalue weighted by Gasteiger charge is 2.38. The molecule has 1 aliphatic rings. The molecule has 1 fully saturated rings. The van der Waals surface area contributed by atoms with E-state index in [0.717, 1.165) is 11.1 Å². The molecule has 1 heterocycles. The number of benzene rings is 2. The predicted molar refractivity (Wildman–Crippen MR) is 91.9 cm³/mol. The van der Waals surface area contributed by atoms with Gasteiger partial charge in [0.2, 0.25) is 0 Å². The summed E-state index contributed by atoms with van der Waals surface area (Å²) in [6, 6.07) is 19.7. The van der Waals surface area contributed by atoms with E-state index in [-0.39, 0.29) is 24.5 Å². The van der Waals surface area contributed by atoms with Crippen LogP contribution in [-0.2, 0) is 16.1 Å². The molecule has 2 aromatic rings. The zero-order valence-electron chi connectivity index (χ0n) is 13.8. The van der Waals surface area contributed by atoms with E-state index in [1.165, 1.54) is 0 Å². The Bertz CT molecular complexity index is 659. The number of carbonyl (C=O) groups is 1. The van der Waals surface area contributed by atoms with Gasteiger partial charge in [-0.25, -0.2) is 0 Å². The Morgan fingerprint density at radius 3 is 2.46 bits per heavy atom. The number of carbonyl (C=O) groups excluding carboxylic acids is 1. The van der Waals surface area contributed by atoms with Crippen molar-refractivity contribution in [2.24, 2.45) is 5.92 Å². The molecule has 0 spiro atoms. The number of rotatable bonds is 5. The lowest BCUT2D eigenvalue weighted by Gasteiger charge is -2.27. The normalized spacial score (nSPS) is 22.2. The third-order valence-electron chi connectivity index (χ3n) is 4.65. The highest BCUT2D eigenvalue weighted by Crippen LogP contribution is 2.31. The first kappa shape index (κ1) is 16.7. The number of hydrogen-bond donors (Lipinski definition) is 1. The lowest BCUT2D eigenvalue weighted by Crippen LogP contribution is -2.32. The van der Waals surface area contributed by atoms with Crippen LogP contribution in [0, 0.1) is 5.92 Å². The molecule has 126 valence electrons. The summed E-state index contributed by atoms with van der Waals surface area (Å²) >= 11 is 0. The van der Waals surface area contributed by atoms with Gasteiger partial charge in [0.25, 0.3) is 0 Å². The first-order valence-electron chi connectivity index (χ1n) is 8.34. The van der Waals surface area contributed by atoms with Crippen molar-refractivity contribution in [2.45, 2.75) is 32.2 Å². The van der Waals surface area contributed by atoms with Crippen LogP contribution >= 0.6 is 0 Å². The minimum atomic E-state index is -0.616. The lowest BCUT2D eigenvalue weighted by molar-refractivity contribution is -0.149. The highest BCUT2D eigenvalue weighted by molar-refractivity contribution is 5.73. The Labute approximate surface area is 142 Å². The molecule has 1 N–H and O–H groups in total. The summed E-state index contributed by atoms with van der Waals surface area (Å²) in [5.41, 5.74) is 2.11. The van der Waals surface area contributed by atoms with Gasteiger partial charge in [0, 0.05) is 19.0 Å². The van der Waals surface area contributed by atoms with Gasteiger partial charge in [-0.1, -0.05) is 60.7 Å². The molecule has 3 unspecified atom stereocenters. The topological polar surface area (TPSA) is 49.8 Å². The van der Waals surface area contributed by atoms with Gasteiger partial charge in [-0.3, -0.25) is 9.69 Å². The molecule has 0 radical (unpaired) electrons. The van der Waals surface area contributed by atoms with E-state index in [2.05, 4.69) is 6.92 Å². The maximum atomic E-state index is 12.3. The fraction of sp³-hybridized carbons (Fsp3) is 0.350. The molecule has 1 saturated heterocycles. The fourth-order valence-corrected chi connectivity index (χ4v) is 3.20. The van der Waals surface area contributed by atoms with E-state index in [1.54, 1.807) is 0 Å². The minimum absolute atomic E-state index is 0.0631. The highest BCUT2D eigenvalue weighted by atomic mass is 16.5. The third kappa shape index (κ3) is 3.83. The zero-order valence-corrected chi connectivity index (χ0v) is 13.8. The number of nitrogens with zero attached hydrogens (tertiary/aromatic N) is 1. The van der Waals surface area contributed by atoms with E-state index in [0.29, 0.717) is 13.0 Å². The molecule has 4 heteroatoms. The predicted octanol–water partition coefficient (Wildman–Crippen LogP) is 3.13. The van der Waals surface area contributed by atoms with Gasteiger partial charge in [-0.05, 0) is 18.1 Å². The smallest absolute Gasteiger partial charge is 0.310 e. The molecule has 24 heavy (non-hydrogen) atoms. The van der Waals surface area contributed by atoms with E-state index < -0.39 is 6.23 Å². The Morgan fingerprint density at radius 1 is 1.17 bits per heavy atom. The largest absolute Gasteiger partial charge is 0.461 e. The van der Waals surface area contributed by atoms with Crippen LogP contribution < -0.4 is 0 Å². The minimum Gasteiger partial charge on any atom is -0.461 e. The van der Waals surface area contributed by atoms with Gasteiger partial charge < -0.3 is 9.84 Å². The van der Waals surface area contributed by atoms with Gasteiger partial charge in [0.1, 0.15) is 12.8 Å². The van der Waals surface area contributed by atoms with Crippen molar-refractivity contribution in [3.63, 3.8) is 0 Å². The van der Waals surface area contributed by atoms with Gasteiger partial charge in [0.15, 0.2) is 0 Å². The summed E-state index contributed by atoms with van der Waals surface area (Å²) in [5, 5.41) is 10.3. The average Bonchev–Trinajstić information content (AvgIpc) is 3.02. The monoisotopic (exact) mass is 325 g/mol. The summed E-state index contributed by atoms with van der Waals surface area (Å²) in [7, 11) is 0. The van der Waals surface area contributed by atoms with Gasteiger partial charge in [-0.2, -0.15) is 0 Å². The number of aliphatic hydroxyl groups is 1. The molecule has 0 aromatic heterocycles. The fourth-order valence-electron chi connectivity index (χ4n) is 3.20. The standard InChI is InChI=1S/C20H23NO3/c1-15(17-10-6-3-7-11-17)21-13-18(12-19(21)22)20(23)24-14-16-8-4-2-5-9-16/h2-11,15,18-19,22H,12-14H2,1H3. The SMILES string of the molecule is CC(c1ccccc1)N1CC(C(=O)OCc2ccccc2)CC1O. The summed E-state index contributed by atoms with van der Waals surface area (Å²) in [4.78, 5) is 14.3. The van der Waals surface area contributed by atoms with E-state index >= 15 is 0 Å². The molecule has 3 rings (SSSR count). The van der Waals surface area contributed by atoms with Crippen molar-refractivity contribution >= 4 is 5.97 Å². The van der Waals surface area contributed by atoms with Crippen molar-refractivity contribution in [2.75, 3.05) is 6.54 Å². The summed E-state index contributed by atoms with van der Waals surface area (Å²) in [5.74, 6) is -0.518. The van der Waals surface area contributed by atoms with Crippen molar-refractivity contribution in [3.8, 4) is 0 Å². The number of esters is 1. The first-order chi connectivity index (χ1) is 11.6. The van der Waals surface area contributed by atoms with Crippen LogP contribution in [0.5, 0.6) is 0 Å². The second-order valence-corrected chi connectivity index (χ2v) is 6.29. The van der Waals surface area contributed by atoms with E-state index in [9.17, 15) is 9.90 Å². The molecular weight excluding hydrogens is 302 g/mol. The second kappa shape index (κ2) is 7.60. The molecule has 0 saturated carbocycles. The molecule has 1 aliphatic heterocycles. The summed E-state index contributed by atoms with van der Waals surface area (Å²) in [6.07, 6.45) is -0.195. The van der Waals surface area contributed by atoms with Crippen LogP contribution in [0.1, 0.15) is 30.5 Å².